The van der Waals surface area contributed by atoms with Gasteiger partial charge in [-0.15, -0.1) is 0 Å². The maximum absolute atomic E-state index is 11.2. The Balaban J connectivity index is 1.84. The molecular formula is C17H19N5O2. The maximum atomic E-state index is 11.2. The van der Waals surface area contributed by atoms with Crippen LogP contribution in [0, 0.1) is 23.0 Å². The van der Waals surface area contributed by atoms with E-state index in [1.807, 2.05) is 36.0 Å². The predicted molar refractivity (Wildman–Crippen MR) is 93.0 cm³/mol. The number of benzene rings is 1. The average Bonchev–Trinajstić information content (AvgIpc) is 3.04. The Morgan fingerprint density at radius 2 is 2.21 bits per heavy atom. The SMILES string of the molecule is Cc1cc(NCC(C)Cn2cccn2)c2cccc([N+](=O)[O-])c2n1. The van der Waals surface area contributed by atoms with Crippen molar-refractivity contribution in [3.8, 4) is 0 Å². The fourth-order valence-electron chi connectivity index (χ4n) is 2.73. The van der Waals surface area contributed by atoms with Crippen molar-refractivity contribution in [2.75, 3.05) is 11.9 Å². The van der Waals surface area contributed by atoms with Gasteiger partial charge in [0.25, 0.3) is 5.69 Å². The number of aromatic nitrogens is 3. The van der Waals surface area contributed by atoms with Crippen molar-refractivity contribution in [2.24, 2.45) is 5.92 Å². The number of rotatable bonds is 6. The van der Waals surface area contributed by atoms with Crippen LogP contribution in [0.15, 0.2) is 42.7 Å². The van der Waals surface area contributed by atoms with Crippen molar-refractivity contribution >= 4 is 22.3 Å². The van der Waals surface area contributed by atoms with Gasteiger partial charge < -0.3 is 5.32 Å². The number of nitrogens with zero attached hydrogens (tertiary/aromatic N) is 4. The summed E-state index contributed by atoms with van der Waals surface area (Å²) in [6, 6.07) is 8.86. The molecule has 0 radical (unpaired) electrons. The van der Waals surface area contributed by atoms with Gasteiger partial charge in [0, 0.05) is 48.3 Å². The minimum Gasteiger partial charge on any atom is -0.384 e. The van der Waals surface area contributed by atoms with Crippen molar-refractivity contribution < 1.29 is 4.92 Å². The molecule has 0 bridgehead atoms. The Bertz CT molecular complexity index is 861. The lowest BCUT2D eigenvalue weighted by atomic mass is 10.1. The second kappa shape index (κ2) is 6.66. The van der Waals surface area contributed by atoms with Crippen molar-refractivity contribution in [3.05, 3.63) is 58.5 Å². The first-order valence-electron chi connectivity index (χ1n) is 7.80. The Morgan fingerprint density at radius 1 is 1.38 bits per heavy atom. The second-order valence-corrected chi connectivity index (χ2v) is 5.96. The van der Waals surface area contributed by atoms with Crippen LogP contribution in [0.4, 0.5) is 11.4 Å². The standard InChI is InChI=1S/C17H19N5O2/c1-12(11-21-8-4-7-19-21)10-18-15-9-13(2)20-17-14(15)5-3-6-16(17)22(23)24/h3-9,12H,10-11H2,1-2H3,(H,18,20). The van der Waals surface area contributed by atoms with E-state index in [0.717, 1.165) is 29.9 Å². The number of fused-ring (bicyclic) bond motifs is 1. The highest BCUT2D eigenvalue weighted by Gasteiger charge is 2.16. The van der Waals surface area contributed by atoms with Crippen LogP contribution in [0.1, 0.15) is 12.6 Å². The number of hydrogen-bond donors (Lipinski definition) is 1. The number of aryl methyl sites for hydroxylation is 1. The highest BCUT2D eigenvalue weighted by atomic mass is 16.6. The molecule has 7 nitrogen and oxygen atoms in total. The molecule has 1 aromatic carbocycles. The summed E-state index contributed by atoms with van der Waals surface area (Å²) in [4.78, 5) is 15.2. The van der Waals surface area contributed by atoms with E-state index in [2.05, 4.69) is 22.3 Å². The van der Waals surface area contributed by atoms with Crippen LogP contribution in [-0.2, 0) is 6.54 Å². The lowest BCUT2D eigenvalue weighted by Crippen LogP contribution is -2.17. The molecule has 0 saturated heterocycles. The number of non-ortho nitro benzene ring substituents is 1. The first-order chi connectivity index (χ1) is 11.5. The molecule has 3 aromatic rings. The minimum absolute atomic E-state index is 0.0313. The lowest BCUT2D eigenvalue weighted by Gasteiger charge is -2.15. The zero-order valence-electron chi connectivity index (χ0n) is 13.6. The first-order valence-corrected chi connectivity index (χ1v) is 7.80. The van der Waals surface area contributed by atoms with Crippen LogP contribution in [0.25, 0.3) is 10.9 Å². The quantitative estimate of drug-likeness (QED) is 0.554. The molecule has 24 heavy (non-hydrogen) atoms. The van der Waals surface area contributed by atoms with E-state index < -0.39 is 0 Å². The largest absolute Gasteiger partial charge is 0.384 e. The van der Waals surface area contributed by atoms with E-state index >= 15 is 0 Å². The number of nitro groups is 1. The fraction of sp³-hybridized carbons (Fsp3) is 0.294. The monoisotopic (exact) mass is 325 g/mol. The summed E-state index contributed by atoms with van der Waals surface area (Å²) in [6.07, 6.45) is 3.70. The maximum Gasteiger partial charge on any atom is 0.295 e. The van der Waals surface area contributed by atoms with Gasteiger partial charge in [0.05, 0.1) is 4.92 Å². The average molecular weight is 325 g/mol. The molecule has 0 fully saturated rings. The number of anilines is 1. The van der Waals surface area contributed by atoms with Crippen molar-refractivity contribution in [3.63, 3.8) is 0 Å². The molecule has 3 rings (SSSR count). The van der Waals surface area contributed by atoms with E-state index in [1.165, 1.54) is 6.07 Å². The Kier molecular flexibility index (Phi) is 4.41. The predicted octanol–water partition coefficient (Wildman–Crippen LogP) is 3.40. The lowest BCUT2D eigenvalue weighted by molar-refractivity contribution is -0.383. The molecule has 1 atom stereocenters. The number of pyridine rings is 1. The van der Waals surface area contributed by atoms with Gasteiger partial charge in [0.2, 0.25) is 0 Å². The zero-order valence-corrected chi connectivity index (χ0v) is 13.6. The van der Waals surface area contributed by atoms with Crippen LogP contribution >= 0.6 is 0 Å². The van der Waals surface area contributed by atoms with Crippen LogP contribution in [0.5, 0.6) is 0 Å². The molecule has 2 heterocycles. The Morgan fingerprint density at radius 3 is 2.92 bits per heavy atom. The molecular weight excluding hydrogens is 306 g/mol. The number of para-hydroxylation sites is 1. The van der Waals surface area contributed by atoms with Crippen molar-refractivity contribution in [2.45, 2.75) is 20.4 Å². The first kappa shape index (κ1) is 15.9. The normalized spacial score (nSPS) is 12.2. The molecule has 1 unspecified atom stereocenters. The van der Waals surface area contributed by atoms with Crippen LogP contribution in [0.3, 0.4) is 0 Å². The van der Waals surface area contributed by atoms with Gasteiger partial charge in [-0.1, -0.05) is 19.1 Å². The summed E-state index contributed by atoms with van der Waals surface area (Å²) in [6.45, 7) is 5.52. The molecule has 0 aliphatic heterocycles. The van der Waals surface area contributed by atoms with E-state index in [9.17, 15) is 10.1 Å². The van der Waals surface area contributed by atoms with Crippen molar-refractivity contribution in [1.82, 2.24) is 14.8 Å². The summed E-state index contributed by atoms with van der Waals surface area (Å²) >= 11 is 0. The minimum atomic E-state index is -0.390. The smallest absolute Gasteiger partial charge is 0.295 e. The second-order valence-electron chi connectivity index (χ2n) is 5.96. The summed E-state index contributed by atoms with van der Waals surface area (Å²) in [7, 11) is 0. The van der Waals surface area contributed by atoms with Gasteiger partial charge in [-0.3, -0.25) is 14.8 Å². The van der Waals surface area contributed by atoms with Crippen molar-refractivity contribution in [1.29, 1.82) is 0 Å². The third-order valence-corrected chi connectivity index (χ3v) is 3.84. The number of nitrogens with one attached hydrogen (secondary N) is 1. The summed E-state index contributed by atoms with van der Waals surface area (Å²) < 4.78 is 1.90. The van der Waals surface area contributed by atoms with E-state index in [0.29, 0.717) is 11.4 Å². The van der Waals surface area contributed by atoms with Gasteiger partial charge in [0.15, 0.2) is 5.52 Å². The topological polar surface area (TPSA) is 85.9 Å². The highest BCUT2D eigenvalue weighted by molar-refractivity contribution is 5.96. The number of nitro benzene ring substituents is 1. The molecule has 124 valence electrons. The molecule has 0 amide bonds. The molecule has 0 aliphatic rings. The fourth-order valence-corrected chi connectivity index (χ4v) is 2.73. The van der Waals surface area contributed by atoms with Gasteiger partial charge >= 0.3 is 0 Å². The van der Waals surface area contributed by atoms with E-state index in [-0.39, 0.29) is 10.6 Å². The summed E-state index contributed by atoms with van der Waals surface area (Å²) in [5, 5.41) is 19.6. The third kappa shape index (κ3) is 3.34. The molecule has 0 saturated carbocycles. The molecule has 7 heteroatoms. The van der Waals surface area contributed by atoms with E-state index in [1.54, 1.807) is 12.3 Å². The van der Waals surface area contributed by atoms with Gasteiger partial charge in [-0.05, 0) is 25.0 Å². The molecule has 2 aromatic heterocycles. The van der Waals surface area contributed by atoms with Crippen LogP contribution < -0.4 is 5.32 Å². The molecule has 0 spiro atoms. The van der Waals surface area contributed by atoms with Gasteiger partial charge in [-0.2, -0.15) is 5.10 Å². The van der Waals surface area contributed by atoms with Gasteiger partial charge in [-0.25, -0.2) is 4.98 Å². The Labute approximate surface area is 139 Å². The zero-order chi connectivity index (χ0) is 17.1. The van der Waals surface area contributed by atoms with Crippen LogP contribution in [-0.4, -0.2) is 26.2 Å². The van der Waals surface area contributed by atoms with Crippen LogP contribution in [0.2, 0.25) is 0 Å². The Hall–Kier alpha value is -2.96. The van der Waals surface area contributed by atoms with E-state index in [4.69, 9.17) is 0 Å². The number of hydrogen-bond acceptors (Lipinski definition) is 5. The summed E-state index contributed by atoms with van der Waals surface area (Å²) in [5.74, 6) is 0.354. The highest BCUT2D eigenvalue weighted by Crippen LogP contribution is 2.29. The third-order valence-electron chi connectivity index (χ3n) is 3.84. The molecule has 1 N–H and O–H groups in total. The summed E-state index contributed by atoms with van der Waals surface area (Å²) in [5.41, 5.74) is 2.07. The van der Waals surface area contributed by atoms with Gasteiger partial charge in [0.1, 0.15) is 0 Å². The molecule has 0 aliphatic carbocycles.